The predicted octanol–water partition coefficient (Wildman–Crippen LogP) is 4.65. The van der Waals surface area contributed by atoms with E-state index >= 15 is 0 Å². The number of carbonyl (C=O) groups excluding carboxylic acids is 1. The monoisotopic (exact) mass is 389 g/mol. The molecule has 1 aromatic carbocycles. The number of nitrogens with zero attached hydrogens (tertiary/aromatic N) is 3. The van der Waals surface area contributed by atoms with E-state index in [1.165, 1.54) is 5.56 Å². The highest BCUT2D eigenvalue weighted by Gasteiger charge is 2.25. The van der Waals surface area contributed by atoms with E-state index in [1.807, 2.05) is 31.2 Å². The molecule has 0 N–H and O–H groups in total. The van der Waals surface area contributed by atoms with Gasteiger partial charge in [0.15, 0.2) is 0 Å². The van der Waals surface area contributed by atoms with Gasteiger partial charge in [-0.1, -0.05) is 24.3 Å². The van der Waals surface area contributed by atoms with E-state index in [0.717, 1.165) is 43.2 Å². The second-order valence-corrected chi connectivity index (χ2v) is 7.37. The Morgan fingerprint density at radius 2 is 2.00 bits per heavy atom. The van der Waals surface area contributed by atoms with Crippen LogP contribution in [-0.2, 0) is 0 Å². The number of aromatic nitrogens is 2. The zero-order chi connectivity index (χ0) is 20.2. The summed E-state index contributed by atoms with van der Waals surface area (Å²) in [6.07, 6.45) is 3.89. The molecule has 1 fully saturated rings. The highest BCUT2D eigenvalue weighted by molar-refractivity contribution is 6.08. The van der Waals surface area contributed by atoms with Crippen LogP contribution in [0.25, 0.3) is 0 Å². The number of methoxy groups -OCH3 is 1. The Balaban J connectivity index is 0.00000256. The average Bonchev–Trinajstić information content (AvgIpc) is 2.79. The van der Waals surface area contributed by atoms with Crippen molar-refractivity contribution < 1.29 is 11.0 Å². The third-order valence-corrected chi connectivity index (χ3v) is 5.54. The molecule has 0 saturated carbocycles. The van der Waals surface area contributed by atoms with E-state index in [0.29, 0.717) is 17.2 Å². The van der Waals surface area contributed by atoms with Crippen LogP contribution >= 0.6 is 0 Å². The minimum Gasteiger partial charge on any atom is -0.496 e. The second kappa shape index (κ2) is 8.43. The summed E-state index contributed by atoms with van der Waals surface area (Å²) in [5.41, 5.74) is 3.01. The lowest BCUT2D eigenvalue weighted by Gasteiger charge is -2.34. The van der Waals surface area contributed by atoms with Gasteiger partial charge in [0.05, 0.1) is 7.11 Å². The van der Waals surface area contributed by atoms with Gasteiger partial charge in [-0.2, -0.15) is 0 Å². The van der Waals surface area contributed by atoms with Crippen LogP contribution in [0.15, 0.2) is 60.8 Å². The van der Waals surface area contributed by atoms with E-state index < -0.39 is 0 Å². The first-order chi connectivity index (χ1) is 14.2. The van der Waals surface area contributed by atoms with E-state index in [9.17, 15) is 4.79 Å². The lowest BCUT2D eigenvalue weighted by molar-refractivity contribution is 0.103. The molecule has 3 heterocycles. The lowest BCUT2D eigenvalue weighted by atomic mass is 9.90. The van der Waals surface area contributed by atoms with Crippen LogP contribution in [0.1, 0.15) is 47.5 Å². The van der Waals surface area contributed by atoms with Crippen molar-refractivity contribution in [1.82, 2.24) is 9.97 Å². The van der Waals surface area contributed by atoms with Crippen LogP contribution in [0.3, 0.4) is 0 Å². The van der Waals surface area contributed by atoms with Crippen LogP contribution in [0.5, 0.6) is 5.75 Å². The molecule has 4 rings (SSSR count). The van der Waals surface area contributed by atoms with E-state index in [-0.39, 0.29) is 7.21 Å². The normalized spacial score (nSPS) is 16.5. The second-order valence-electron chi connectivity index (χ2n) is 7.37. The van der Waals surface area contributed by atoms with Gasteiger partial charge in [-0.3, -0.25) is 9.78 Å². The molecule has 2 aromatic heterocycles. The van der Waals surface area contributed by atoms with Crippen LogP contribution in [-0.4, -0.2) is 36.0 Å². The molecule has 1 atom stereocenters. The Labute approximate surface area is 172 Å². The number of pyridine rings is 2. The summed E-state index contributed by atoms with van der Waals surface area (Å²) in [7, 11) is 1.72. The van der Waals surface area contributed by atoms with Gasteiger partial charge in [-0.05, 0) is 55.7 Å². The number of anilines is 1. The minimum atomic E-state index is -0.0873. The summed E-state index contributed by atoms with van der Waals surface area (Å²) in [4.78, 5) is 24.1. The van der Waals surface area contributed by atoms with Gasteiger partial charge in [0.1, 0.15) is 17.3 Å². The number of aryl methyl sites for hydroxylation is 1. The molecule has 0 bridgehead atoms. The smallest absolute Gasteiger partial charge is 0.213 e. The third-order valence-electron chi connectivity index (χ3n) is 5.54. The fraction of sp³-hybridized carbons (Fsp3) is 0.292. The molecule has 0 radical (unpaired) electrons. The number of hydrogen-bond acceptors (Lipinski definition) is 5. The van der Waals surface area contributed by atoms with Crippen LogP contribution in [0, 0.1) is 6.92 Å². The van der Waals surface area contributed by atoms with Crippen molar-refractivity contribution in [2.45, 2.75) is 25.7 Å². The van der Waals surface area contributed by atoms with Crippen LogP contribution in [0.4, 0.5) is 5.82 Å². The quantitative estimate of drug-likeness (QED) is 0.594. The summed E-state index contributed by atoms with van der Waals surface area (Å²) in [5.74, 6) is 2.07. The van der Waals surface area contributed by atoms with Crippen molar-refractivity contribution in [3.8, 4) is 5.75 Å². The van der Waals surface area contributed by atoms with Crippen molar-refractivity contribution in [2.24, 2.45) is 0 Å². The maximum absolute atomic E-state index is 12.9. The van der Waals surface area contributed by atoms with E-state index in [1.54, 1.807) is 31.5 Å². The number of ether oxygens (including phenoxy) is 1. The van der Waals surface area contributed by atoms with Crippen molar-refractivity contribution in [3.05, 3.63) is 83.3 Å². The number of carbonyl (C=O) groups is 1. The highest BCUT2D eigenvalue weighted by Crippen LogP contribution is 2.34. The fourth-order valence-electron chi connectivity index (χ4n) is 4.03. The maximum atomic E-state index is 12.9. The number of para-hydroxylation sites is 1. The third kappa shape index (κ3) is 3.99. The van der Waals surface area contributed by atoms with E-state index in [4.69, 9.17) is 9.72 Å². The molecule has 150 valence electrons. The Kier molecular flexibility index (Phi) is 5.56. The molecule has 1 aliphatic heterocycles. The Bertz CT molecular complexity index is 1020. The first-order valence-electron chi connectivity index (χ1n) is 9.98. The molecule has 3 aromatic rings. The summed E-state index contributed by atoms with van der Waals surface area (Å²) in [6, 6.07) is 17.5. The zero-order valence-corrected chi connectivity index (χ0v) is 16.8. The number of piperidine rings is 1. The summed E-state index contributed by atoms with van der Waals surface area (Å²) in [5, 5.41) is 0. The van der Waals surface area contributed by atoms with Gasteiger partial charge in [0.2, 0.25) is 5.78 Å². The number of benzene rings is 1. The van der Waals surface area contributed by atoms with Crippen molar-refractivity contribution >= 4 is 11.6 Å². The molecular formula is C24H27N3O2. The summed E-state index contributed by atoms with van der Waals surface area (Å²) in [6.45, 7) is 3.64. The van der Waals surface area contributed by atoms with Crippen molar-refractivity contribution in [3.63, 3.8) is 0 Å². The number of rotatable bonds is 5. The van der Waals surface area contributed by atoms with Gasteiger partial charge in [-0.25, -0.2) is 4.98 Å². The summed E-state index contributed by atoms with van der Waals surface area (Å²) >= 11 is 0. The molecule has 5 nitrogen and oxygen atoms in total. The van der Waals surface area contributed by atoms with Crippen LogP contribution < -0.4 is 9.64 Å². The highest BCUT2D eigenvalue weighted by atomic mass is 16.5. The molecule has 0 amide bonds. The Morgan fingerprint density at radius 1 is 1.14 bits per heavy atom. The maximum Gasteiger partial charge on any atom is 0.213 e. The number of hydrogen-bond donors (Lipinski definition) is 0. The Hall–Kier alpha value is -3.21. The molecule has 1 aliphatic rings. The van der Waals surface area contributed by atoms with E-state index in [2.05, 4.69) is 22.0 Å². The van der Waals surface area contributed by atoms with Crippen molar-refractivity contribution in [1.29, 1.82) is 0 Å². The average molecular weight is 389 g/mol. The van der Waals surface area contributed by atoms with Gasteiger partial charge in [-0.15, -0.1) is 0 Å². The van der Waals surface area contributed by atoms with Crippen LogP contribution in [0.2, 0.25) is 0 Å². The fourth-order valence-corrected chi connectivity index (χ4v) is 4.03. The molecule has 5 heteroatoms. The first-order valence-corrected chi connectivity index (χ1v) is 9.98. The molecule has 1 saturated heterocycles. The topological polar surface area (TPSA) is 55.3 Å². The summed E-state index contributed by atoms with van der Waals surface area (Å²) < 4.78 is 5.57. The zero-order valence-electron chi connectivity index (χ0n) is 16.8. The van der Waals surface area contributed by atoms with Gasteiger partial charge in [0, 0.05) is 37.9 Å². The standard InChI is InChI=1S/C24H25N3O2.H2/c1-17-19(10-6-14-25-17)24(28)21-11-5-13-23(26-21)27-15-7-8-18(16-27)20-9-3-4-12-22(20)29-2;/h3-6,9-14,18H,7-8,15-16H2,1-2H3;1H. The SMILES string of the molecule is COc1ccccc1C1CCCN(c2cccc(C(=O)c3cccnc3C)n2)C1.[HH]. The largest absolute Gasteiger partial charge is 0.496 e. The molecular weight excluding hydrogens is 362 g/mol. The molecule has 0 aliphatic carbocycles. The number of ketones is 1. The lowest BCUT2D eigenvalue weighted by Crippen LogP contribution is -2.35. The van der Waals surface area contributed by atoms with Gasteiger partial charge >= 0.3 is 0 Å². The first kappa shape index (κ1) is 19.1. The predicted molar refractivity (Wildman–Crippen MR) is 116 cm³/mol. The minimum absolute atomic E-state index is 0. The molecule has 1 unspecified atom stereocenters. The van der Waals surface area contributed by atoms with Gasteiger partial charge in [0.25, 0.3) is 0 Å². The molecule has 0 spiro atoms. The Morgan fingerprint density at radius 3 is 2.83 bits per heavy atom. The van der Waals surface area contributed by atoms with Gasteiger partial charge < -0.3 is 9.64 Å². The molecule has 29 heavy (non-hydrogen) atoms. The van der Waals surface area contributed by atoms with Crippen molar-refractivity contribution in [2.75, 3.05) is 25.1 Å².